The zero-order valence-corrected chi connectivity index (χ0v) is 11.3. The molecule has 1 aromatic rings. The molecule has 0 aliphatic carbocycles. The molecule has 0 radical (unpaired) electrons. The molecule has 0 aromatic heterocycles. The molecular weight excluding hydrogens is 276 g/mol. The van der Waals surface area contributed by atoms with Gasteiger partial charge in [-0.1, -0.05) is 22.9 Å². The summed E-state index contributed by atoms with van der Waals surface area (Å²) < 4.78 is 27.5. The van der Waals surface area contributed by atoms with E-state index >= 15 is 0 Å². The number of hydrogen-bond donors (Lipinski definition) is 0. The van der Waals surface area contributed by atoms with E-state index in [9.17, 15) is 8.78 Å². The first-order valence-corrected chi connectivity index (χ1v) is 6.40. The summed E-state index contributed by atoms with van der Waals surface area (Å²) in [7, 11) is 1.71. The third-order valence-corrected chi connectivity index (χ3v) is 3.48. The maximum absolute atomic E-state index is 13.7. The maximum atomic E-state index is 13.7. The van der Waals surface area contributed by atoms with Crippen molar-refractivity contribution in [1.29, 1.82) is 0 Å². The highest BCUT2D eigenvalue weighted by Crippen LogP contribution is 2.26. The number of hydrogen-bond acceptors (Lipinski definition) is 1. The van der Waals surface area contributed by atoms with E-state index in [1.54, 1.807) is 11.9 Å². The van der Waals surface area contributed by atoms with E-state index in [1.807, 2.05) is 13.8 Å². The van der Waals surface area contributed by atoms with E-state index in [4.69, 9.17) is 0 Å². The van der Waals surface area contributed by atoms with Crippen LogP contribution in [0.1, 0.15) is 25.8 Å². The van der Waals surface area contributed by atoms with Crippen LogP contribution in [0, 0.1) is 11.6 Å². The second-order valence-electron chi connectivity index (χ2n) is 3.91. The molecule has 1 rings (SSSR count). The van der Waals surface area contributed by atoms with Crippen molar-refractivity contribution in [3.63, 3.8) is 0 Å². The zero-order chi connectivity index (χ0) is 12.3. The third-order valence-electron chi connectivity index (χ3n) is 2.84. The number of alkyl halides is 1. The minimum atomic E-state index is -0.503. The summed E-state index contributed by atoms with van der Waals surface area (Å²) in [6.07, 6.45) is 0.843. The highest BCUT2D eigenvalue weighted by Gasteiger charge is 2.18. The molecule has 1 atom stereocenters. The van der Waals surface area contributed by atoms with Gasteiger partial charge in [-0.15, -0.1) is 0 Å². The molecule has 0 fully saturated rings. The molecule has 1 nitrogen and oxygen atoms in total. The second-order valence-corrected chi connectivity index (χ2v) is 4.47. The molecule has 1 unspecified atom stereocenters. The molecule has 0 aliphatic rings. The van der Waals surface area contributed by atoms with Gasteiger partial charge in [-0.3, -0.25) is 0 Å². The van der Waals surface area contributed by atoms with Crippen molar-refractivity contribution in [2.45, 2.75) is 31.6 Å². The van der Waals surface area contributed by atoms with Gasteiger partial charge in [-0.2, -0.15) is 0 Å². The van der Waals surface area contributed by atoms with Gasteiger partial charge < -0.3 is 4.90 Å². The van der Waals surface area contributed by atoms with Gasteiger partial charge in [0.05, 0.1) is 0 Å². The summed E-state index contributed by atoms with van der Waals surface area (Å²) in [5, 5.41) is 0.453. The lowest BCUT2D eigenvalue weighted by Crippen LogP contribution is -2.29. The van der Waals surface area contributed by atoms with Gasteiger partial charge in [0.1, 0.15) is 17.3 Å². The monoisotopic (exact) mass is 291 g/mol. The van der Waals surface area contributed by atoms with Crippen LogP contribution in [0.25, 0.3) is 0 Å². The number of nitrogens with zero attached hydrogens (tertiary/aromatic N) is 1. The van der Waals surface area contributed by atoms with Crippen LogP contribution in [-0.4, -0.2) is 13.1 Å². The molecule has 1 aromatic carbocycles. The Labute approximate surface area is 104 Å². The Morgan fingerprint density at radius 3 is 2.19 bits per heavy atom. The maximum Gasteiger partial charge on any atom is 0.149 e. The first-order chi connectivity index (χ1) is 7.51. The Morgan fingerprint density at radius 2 is 1.81 bits per heavy atom. The molecule has 90 valence electrons. The summed E-state index contributed by atoms with van der Waals surface area (Å²) in [6.45, 7) is 3.93. The van der Waals surface area contributed by atoms with Crippen LogP contribution in [0.5, 0.6) is 0 Å². The van der Waals surface area contributed by atoms with Gasteiger partial charge in [0.2, 0.25) is 0 Å². The average molecular weight is 292 g/mol. The first kappa shape index (κ1) is 13.4. The number of halogens is 3. The van der Waals surface area contributed by atoms with Crippen LogP contribution in [0.15, 0.2) is 12.1 Å². The Morgan fingerprint density at radius 1 is 1.31 bits per heavy atom. The predicted octanol–water partition coefficient (Wildman–Crippen LogP) is 4.09. The molecule has 0 saturated heterocycles. The summed E-state index contributed by atoms with van der Waals surface area (Å²) in [5.74, 6) is -1.01. The Kier molecular flexibility index (Phi) is 4.71. The summed E-state index contributed by atoms with van der Waals surface area (Å²) in [5.41, 5.74) is 0.662. The van der Waals surface area contributed by atoms with Gasteiger partial charge in [0.15, 0.2) is 0 Å². The molecule has 0 N–H and O–H groups in total. The van der Waals surface area contributed by atoms with E-state index in [-0.39, 0.29) is 11.7 Å². The van der Waals surface area contributed by atoms with Crippen LogP contribution in [0.4, 0.5) is 14.5 Å². The summed E-state index contributed by atoms with van der Waals surface area (Å²) in [6, 6.07) is 2.84. The van der Waals surface area contributed by atoms with Gasteiger partial charge >= 0.3 is 0 Å². The summed E-state index contributed by atoms with van der Waals surface area (Å²) in [4.78, 5) is 1.64. The third kappa shape index (κ3) is 2.73. The molecule has 4 heteroatoms. The van der Waals surface area contributed by atoms with Gasteiger partial charge in [0.25, 0.3) is 0 Å². The van der Waals surface area contributed by atoms with E-state index in [1.165, 1.54) is 12.1 Å². The second kappa shape index (κ2) is 5.62. The Bertz CT molecular complexity index is 345. The smallest absolute Gasteiger partial charge is 0.149 e. The molecule has 0 bridgehead atoms. The van der Waals surface area contributed by atoms with Gasteiger partial charge in [-0.25, -0.2) is 8.78 Å². The number of anilines is 1. The highest BCUT2D eigenvalue weighted by molar-refractivity contribution is 9.08. The fraction of sp³-hybridized carbons (Fsp3) is 0.500. The topological polar surface area (TPSA) is 3.24 Å². The van der Waals surface area contributed by atoms with E-state index in [0.29, 0.717) is 10.9 Å². The molecular formula is C12H16BrF2N. The molecule has 0 spiro atoms. The van der Waals surface area contributed by atoms with Crippen LogP contribution < -0.4 is 4.90 Å². The highest BCUT2D eigenvalue weighted by atomic mass is 79.9. The number of rotatable bonds is 4. The van der Waals surface area contributed by atoms with Crippen molar-refractivity contribution in [2.75, 3.05) is 11.9 Å². The van der Waals surface area contributed by atoms with Crippen LogP contribution in [-0.2, 0) is 5.33 Å². The molecule has 0 aliphatic heterocycles. The van der Waals surface area contributed by atoms with Crippen LogP contribution in [0.3, 0.4) is 0 Å². The van der Waals surface area contributed by atoms with Crippen LogP contribution in [0.2, 0.25) is 0 Å². The molecule has 0 heterocycles. The summed E-state index contributed by atoms with van der Waals surface area (Å²) >= 11 is 3.18. The first-order valence-electron chi connectivity index (χ1n) is 5.28. The lowest BCUT2D eigenvalue weighted by molar-refractivity contribution is 0.555. The minimum absolute atomic E-state index is 0.0547. The van der Waals surface area contributed by atoms with Crippen molar-refractivity contribution in [3.8, 4) is 0 Å². The standard InChI is InChI=1S/C12H16BrF2N/c1-4-8(2)16(3)12-10(14)5-9(7-13)6-11(12)15/h5-6,8H,4,7H2,1-3H3. The lowest BCUT2D eigenvalue weighted by atomic mass is 10.1. The molecule has 0 saturated carbocycles. The normalized spacial score (nSPS) is 12.6. The van der Waals surface area contributed by atoms with Crippen molar-refractivity contribution in [2.24, 2.45) is 0 Å². The Hall–Kier alpha value is -0.640. The van der Waals surface area contributed by atoms with Gasteiger partial charge in [-0.05, 0) is 31.0 Å². The quantitative estimate of drug-likeness (QED) is 0.755. The average Bonchev–Trinajstić information content (AvgIpc) is 2.26. The van der Waals surface area contributed by atoms with E-state index in [0.717, 1.165) is 6.42 Å². The van der Waals surface area contributed by atoms with E-state index in [2.05, 4.69) is 15.9 Å². The molecule has 0 amide bonds. The lowest BCUT2D eigenvalue weighted by Gasteiger charge is -2.27. The SMILES string of the molecule is CCC(C)N(C)c1c(F)cc(CBr)cc1F. The molecule has 16 heavy (non-hydrogen) atoms. The minimum Gasteiger partial charge on any atom is -0.367 e. The zero-order valence-electron chi connectivity index (χ0n) is 9.73. The number of benzene rings is 1. The fourth-order valence-electron chi connectivity index (χ4n) is 1.53. The van der Waals surface area contributed by atoms with E-state index < -0.39 is 11.6 Å². The van der Waals surface area contributed by atoms with Crippen LogP contribution >= 0.6 is 15.9 Å². The van der Waals surface area contributed by atoms with Crippen molar-refractivity contribution >= 4 is 21.6 Å². The van der Waals surface area contributed by atoms with Crippen molar-refractivity contribution < 1.29 is 8.78 Å². The van der Waals surface area contributed by atoms with Crippen molar-refractivity contribution in [1.82, 2.24) is 0 Å². The van der Waals surface area contributed by atoms with Gasteiger partial charge in [0, 0.05) is 18.4 Å². The largest absolute Gasteiger partial charge is 0.367 e. The Balaban J connectivity index is 3.14. The van der Waals surface area contributed by atoms with Crippen molar-refractivity contribution in [3.05, 3.63) is 29.3 Å². The fourth-order valence-corrected chi connectivity index (χ4v) is 1.85. The predicted molar refractivity (Wildman–Crippen MR) is 67.1 cm³/mol.